The Kier molecular flexibility index (Phi) is 7.84. The number of nitrogens with zero attached hydrogens (tertiary/aromatic N) is 1. The molecule has 3 rings (SSSR count). The topological polar surface area (TPSA) is 57.2 Å². The molecule has 3 aromatic carbocycles. The van der Waals surface area contributed by atoms with Gasteiger partial charge in [-0.3, -0.25) is 4.79 Å². The molecular formula is C25H26ClNO5. The summed E-state index contributed by atoms with van der Waals surface area (Å²) < 4.78 is 22.3. The second-order valence-corrected chi connectivity index (χ2v) is 7.50. The van der Waals surface area contributed by atoms with Crippen molar-refractivity contribution in [3.8, 4) is 23.0 Å². The highest BCUT2D eigenvalue weighted by Crippen LogP contribution is 2.40. The molecule has 0 fully saturated rings. The summed E-state index contributed by atoms with van der Waals surface area (Å²) in [5.41, 5.74) is 2.23. The minimum atomic E-state index is -0.173. The number of ether oxygens (including phenoxy) is 4. The average molecular weight is 456 g/mol. The van der Waals surface area contributed by atoms with E-state index in [9.17, 15) is 4.79 Å². The first-order valence-corrected chi connectivity index (χ1v) is 10.4. The third kappa shape index (κ3) is 5.26. The second-order valence-electron chi connectivity index (χ2n) is 7.07. The van der Waals surface area contributed by atoms with Crippen LogP contribution in [0.1, 0.15) is 21.5 Å². The number of amides is 1. The van der Waals surface area contributed by atoms with Crippen molar-refractivity contribution in [1.29, 1.82) is 0 Å². The molecule has 6 nitrogen and oxygen atoms in total. The van der Waals surface area contributed by atoms with Crippen LogP contribution in [0.25, 0.3) is 0 Å². The van der Waals surface area contributed by atoms with Crippen LogP contribution in [-0.4, -0.2) is 39.2 Å². The van der Waals surface area contributed by atoms with Gasteiger partial charge in [0.25, 0.3) is 5.91 Å². The van der Waals surface area contributed by atoms with Gasteiger partial charge in [0.15, 0.2) is 11.5 Å². The van der Waals surface area contributed by atoms with E-state index in [4.69, 9.17) is 30.5 Å². The molecular weight excluding hydrogens is 430 g/mol. The van der Waals surface area contributed by atoms with Crippen LogP contribution in [0.4, 0.5) is 0 Å². The Balaban J connectivity index is 1.79. The van der Waals surface area contributed by atoms with Gasteiger partial charge < -0.3 is 23.8 Å². The standard InChI is InChI=1S/C25H26ClNO5/c1-27(15-18-11-14-22(29-2)24(31-4)23(18)30-3)25(28)20-7-5-6-8-21(20)32-16-17-9-12-19(26)13-10-17/h5-14H,15-16H2,1-4H3. The number of hydrogen-bond donors (Lipinski definition) is 0. The average Bonchev–Trinajstić information content (AvgIpc) is 2.82. The van der Waals surface area contributed by atoms with E-state index in [2.05, 4.69) is 0 Å². The third-order valence-corrected chi connectivity index (χ3v) is 5.22. The van der Waals surface area contributed by atoms with Crippen LogP contribution in [0.5, 0.6) is 23.0 Å². The molecule has 0 aliphatic carbocycles. The Bertz CT molecular complexity index is 1070. The fourth-order valence-corrected chi connectivity index (χ4v) is 3.46. The molecule has 0 radical (unpaired) electrons. The highest BCUT2D eigenvalue weighted by Gasteiger charge is 2.21. The van der Waals surface area contributed by atoms with Crippen molar-refractivity contribution in [2.24, 2.45) is 0 Å². The summed E-state index contributed by atoms with van der Waals surface area (Å²) in [6.07, 6.45) is 0. The largest absolute Gasteiger partial charge is 0.493 e. The van der Waals surface area contributed by atoms with Gasteiger partial charge in [-0.15, -0.1) is 0 Å². The molecule has 168 valence electrons. The lowest BCUT2D eigenvalue weighted by Gasteiger charge is -2.22. The second kappa shape index (κ2) is 10.8. The number of carbonyl (C=O) groups excluding carboxylic acids is 1. The SMILES string of the molecule is COc1ccc(CN(C)C(=O)c2ccccc2OCc2ccc(Cl)cc2)c(OC)c1OC. The van der Waals surface area contributed by atoms with Gasteiger partial charge in [-0.25, -0.2) is 0 Å². The summed E-state index contributed by atoms with van der Waals surface area (Å²) in [4.78, 5) is 14.8. The summed E-state index contributed by atoms with van der Waals surface area (Å²) in [5.74, 6) is 1.91. The minimum Gasteiger partial charge on any atom is -0.493 e. The predicted octanol–water partition coefficient (Wildman–Crippen LogP) is 5.22. The fourth-order valence-electron chi connectivity index (χ4n) is 3.33. The molecule has 0 unspecified atom stereocenters. The molecule has 0 aromatic heterocycles. The minimum absolute atomic E-state index is 0.173. The van der Waals surface area contributed by atoms with Gasteiger partial charge in [0.2, 0.25) is 5.75 Å². The molecule has 7 heteroatoms. The maximum absolute atomic E-state index is 13.2. The number of benzene rings is 3. The lowest BCUT2D eigenvalue weighted by atomic mass is 10.1. The van der Waals surface area contributed by atoms with Crippen molar-refractivity contribution in [1.82, 2.24) is 4.90 Å². The zero-order valence-electron chi connectivity index (χ0n) is 18.6. The molecule has 1 amide bonds. The Morgan fingerprint density at radius 1 is 0.844 bits per heavy atom. The molecule has 0 aliphatic heterocycles. The lowest BCUT2D eigenvalue weighted by molar-refractivity contribution is 0.0779. The quantitative estimate of drug-likeness (QED) is 0.443. The number of methoxy groups -OCH3 is 3. The van der Waals surface area contributed by atoms with Crippen molar-refractivity contribution in [3.05, 3.63) is 82.4 Å². The van der Waals surface area contributed by atoms with Crippen LogP contribution in [0, 0.1) is 0 Å². The molecule has 0 saturated heterocycles. The van der Waals surface area contributed by atoms with Crippen LogP contribution in [-0.2, 0) is 13.2 Å². The van der Waals surface area contributed by atoms with Crippen molar-refractivity contribution >= 4 is 17.5 Å². The smallest absolute Gasteiger partial charge is 0.257 e. The Morgan fingerprint density at radius 2 is 1.53 bits per heavy atom. The van der Waals surface area contributed by atoms with E-state index in [0.717, 1.165) is 11.1 Å². The summed E-state index contributed by atoms with van der Waals surface area (Å²) in [6, 6.07) is 18.2. The van der Waals surface area contributed by atoms with Gasteiger partial charge in [-0.1, -0.05) is 35.9 Å². The first-order valence-electron chi connectivity index (χ1n) is 9.98. The highest BCUT2D eigenvalue weighted by molar-refractivity contribution is 6.30. The number of carbonyl (C=O) groups is 1. The molecule has 0 bridgehead atoms. The van der Waals surface area contributed by atoms with Crippen LogP contribution >= 0.6 is 11.6 Å². The normalized spacial score (nSPS) is 10.4. The monoisotopic (exact) mass is 455 g/mol. The lowest BCUT2D eigenvalue weighted by Crippen LogP contribution is -2.27. The van der Waals surface area contributed by atoms with E-state index < -0.39 is 0 Å². The molecule has 0 N–H and O–H groups in total. The summed E-state index contributed by atoms with van der Waals surface area (Å²) in [6.45, 7) is 0.641. The van der Waals surface area contributed by atoms with Crippen LogP contribution in [0.2, 0.25) is 5.02 Å². The highest BCUT2D eigenvalue weighted by atomic mass is 35.5. The molecule has 0 atom stereocenters. The van der Waals surface area contributed by atoms with Gasteiger partial charge in [0.1, 0.15) is 12.4 Å². The van der Waals surface area contributed by atoms with E-state index in [1.807, 2.05) is 42.5 Å². The number of rotatable bonds is 9. The van der Waals surface area contributed by atoms with Crippen LogP contribution in [0.15, 0.2) is 60.7 Å². The van der Waals surface area contributed by atoms with E-state index >= 15 is 0 Å². The summed E-state index contributed by atoms with van der Waals surface area (Å²) in [7, 11) is 6.40. The Morgan fingerprint density at radius 3 is 2.19 bits per heavy atom. The molecule has 0 heterocycles. The Hall–Kier alpha value is -3.38. The van der Waals surface area contributed by atoms with E-state index in [0.29, 0.717) is 46.7 Å². The molecule has 32 heavy (non-hydrogen) atoms. The first kappa shape index (κ1) is 23.3. The van der Waals surface area contributed by atoms with Gasteiger partial charge in [-0.05, 0) is 42.0 Å². The van der Waals surface area contributed by atoms with Crippen LogP contribution in [0.3, 0.4) is 0 Å². The molecule has 0 aliphatic rings. The maximum atomic E-state index is 13.2. The summed E-state index contributed by atoms with van der Waals surface area (Å²) >= 11 is 5.94. The van der Waals surface area contributed by atoms with Gasteiger partial charge >= 0.3 is 0 Å². The molecule has 3 aromatic rings. The predicted molar refractivity (Wildman–Crippen MR) is 124 cm³/mol. The maximum Gasteiger partial charge on any atom is 0.257 e. The van der Waals surface area contributed by atoms with Crippen molar-refractivity contribution in [2.45, 2.75) is 13.2 Å². The van der Waals surface area contributed by atoms with E-state index in [-0.39, 0.29) is 5.91 Å². The van der Waals surface area contributed by atoms with Crippen molar-refractivity contribution in [3.63, 3.8) is 0 Å². The van der Waals surface area contributed by atoms with Crippen LogP contribution < -0.4 is 18.9 Å². The van der Waals surface area contributed by atoms with E-state index in [1.165, 1.54) is 0 Å². The summed E-state index contributed by atoms with van der Waals surface area (Å²) in [5, 5.41) is 0.663. The van der Waals surface area contributed by atoms with Crippen molar-refractivity contribution < 1.29 is 23.7 Å². The van der Waals surface area contributed by atoms with E-state index in [1.54, 1.807) is 51.5 Å². The van der Waals surface area contributed by atoms with Crippen molar-refractivity contribution in [2.75, 3.05) is 28.4 Å². The fraction of sp³-hybridized carbons (Fsp3) is 0.240. The number of para-hydroxylation sites is 1. The molecule has 0 saturated carbocycles. The number of hydrogen-bond acceptors (Lipinski definition) is 5. The number of halogens is 1. The zero-order valence-corrected chi connectivity index (χ0v) is 19.3. The zero-order chi connectivity index (χ0) is 23.1. The third-order valence-electron chi connectivity index (χ3n) is 4.97. The van der Waals surface area contributed by atoms with Gasteiger partial charge in [-0.2, -0.15) is 0 Å². The van der Waals surface area contributed by atoms with Gasteiger partial charge in [0, 0.05) is 24.2 Å². The Labute approximate surface area is 193 Å². The molecule has 0 spiro atoms. The van der Waals surface area contributed by atoms with Gasteiger partial charge in [0.05, 0.1) is 26.9 Å². The first-order chi connectivity index (χ1) is 15.5.